The van der Waals surface area contributed by atoms with Crippen molar-refractivity contribution in [2.45, 2.75) is 19.9 Å². The van der Waals surface area contributed by atoms with Crippen LogP contribution in [0.3, 0.4) is 0 Å². The Bertz CT molecular complexity index is 333. The van der Waals surface area contributed by atoms with Crippen molar-refractivity contribution in [3.05, 3.63) is 12.5 Å². The number of nitrogens with one attached hydrogen (secondary N) is 1. The van der Waals surface area contributed by atoms with Gasteiger partial charge in [-0.15, -0.1) is 0 Å². The maximum atomic E-state index is 11.8. The van der Waals surface area contributed by atoms with E-state index in [9.17, 15) is 4.79 Å². The number of amides is 1. The fraction of sp³-hybridized carbons (Fsp3) is 0.600. The fourth-order valence-corrected chi connectivity index (χ4v) is 1.78. The highest BCUT2D eigenvalue weighted by Gasteiger charge is 2.26. The molecule has 5 nitrogen and oxygen atoms in total. The van der Waals surface area contributed by atoms with Gasteiger partial charge in [-0.2, -0.15) is 0 Å². The van der Waals surface area contributed by atoms with Crippen LogP contribution >= 0.6 is 0 Å². The normalized spacial score (nSPS) is 18.9. The summed E-state index contributed by atoms with van der Waals surface area (Å²) in [5.41, 5.74) is 0. The van der Waals surface area contributed by atoms with Crippen molar-refractivity contribution in [2.75, 3.05) is 24.5 Å². The highest BCUT2D eigenvalue weighted by atomic mass is 16.2. The maximum absolute atomic E-state index is 11.8. The van der Waals surface area contributed by atoms with Crippen LogP contribution in [0.4, 0.5) is 5.82 Å². The first-order valence-corrected chi connectivity index (χ1v) is 5.21. The van der Waals surface area contributed by atoms with Gasteiger partial charge in [-0.1, -0.05) is 0 Å². The van der Waals surface area contributed by atoms with E-state index >= 15 is 0 Å². The second-order valence-electron chi connectivity index (χ2n) is 4.05. The molecule has 1 amide bonds. The lowest BCUT2D eigenvalue weighted by atomic mass is 10.2. The molecule has 1 aliphatic heterocycles. The summed E-state index contributed by atoms with van der Waals surface area (Å²) in [6, 6.07) is 0.429. The zero-order chi connectivity index (χ0) is 10.8. The minimum atomic E-state index is 0.138. The van der Waals surface area contributed by atoms with Gasteiger partial charge in [0.15, 0.2) is 0 Å². The molecular weight excluding hydrogens is 192 g/mol. The molecule has 0 saturated carbocycles. The van der Waals surface area contributed by atoms with Crippen molar-refractivity contribution in [3.8, 4) is 0 Å². The lowest BCUT2D eigenvalue weighted by molar-refractivity contribution is -0.121. The van der Waals surface area contributed by atoms with E-state index in [4.69, 9.17) is 0 Å². The zero-order valence-corrected chi connectivity index (χ0v) is 9.10. The van der Waals surface area contributed by atoms with Crippen molar-refractivity contribution in [1.82, 2.24) is 14.9 Å². The van der Waals surface area contributed by atoms with Gasteiger partial charge in [0.25, 0.3) is 0 Å². The molecule has 0 atom stereocenters. The van der Waals surface area contributed by atoms with Gasteiger partial charge >= 0.3 is 0 Å². The summed E-state index contributed by atoms with van der Waals surface area (Å²) in [6.45, 7) is 6.37. The number of carbonyl (C=O) groups is 1. The van der Waals surface area contributed by atoms with Gasteiger partial charge in [0, 0.05) is 19.1 Å². The number of imidazole rings is 1. The second-order valence-corrected chi connectivity index (χ2v) is 4.05. The van der Waals surface area contributed by atoms with Crippen LogP contribution in [-0.2, 0) is 4.79 Å². The zero-order valence-electron chi connectivity index (χ0n) is 9.10. The van der Waals surface area contributed by atoms with E-state index in [-0.39, 0.29) is 5.91 Å². The molecule has 0 aliphatic carbocycles. The van der Waals surface area contributed by atoms with E-state index in [1.807, 2.05) is 0 Å². The predicted molar refractivity (Wildman–Crippen MR) is 57.6 cm³/mol. The first-order valence-electron chi connectivity index (χ1n) is 5.21. The number of hydrogen-bond donors (Lipinski definition) is 1. The fourth-order valence-electron chi connectivity index (χ4n) is 1.78. The summed E-state index contributed by atoms with van der Waals surface area (Å²) in [7, 11) is 0. The van der Waals surface area contributed by atoms with Crippen molar-refractivity contribution in [3.63, 3.8) is 0 Å². The Balaban J connectivity index is 2.05. The first kappa shape index (κ1) is 10.2. The monoisotopic (exact) mass is 208 g/mol. The Labute approximate surface area is 89.1 Å². The number of carbonyl (C=O) groups excluding carboxylic acids is 1. The quantitative estimate of drug-likeness (QED) is 0.768. The lowest BCUT2D eigenvalue weighted by Gasteiger charge is -2.35. The molecule has 0 unspecified atom stereocenters. The molecule has 0 bridgehead atoms. The van der Waals surface area contributed by atoms with Gasteiger partial charge in [-0.05, 0) is 13.8 Å². The Morgan fingerprint density at radius 2 is 2.27 bits per heavy atom. The van der Waals surface area contributed by atoms with Crippen LogP contribution in [0.25, 0.3) is 0 Å². The van der Waals surface area contributed by atoms with Crippen molar-refractivity contribution < 1.29 is 4.79 Å². The molecule has 1 N–H and O–H groups in total. The number of piperazine rings is 1. The van der Waals surface area contributed by atoms with Crippen LogP contribution in [0, 0.1) is 0 Å². The van der Waals surface area contributed by atoms with Gasteiger partial charge < -0.3 is 4.98 Å². The lowest BCUT2D eigenvalue weighted by Crippen LogP contribution is -2.52. The standard InChI is InChI=1S/C10H16N4O/c1-8(2)13-3-4-14(10(15)6-13)9-5-11-7-12-9/h5,7-8H,3-4,6H2,1-2H3,(H,11,12). The second kappa shape index (κ2) is 4.02. The third-order valence-corrected chi connectivity index (χ3v) is 2.76. The topological polar surface area (TPSA) is 52.2 Å². The Kier molecular flexibility index (Phi) is 2.73. The van der Waals surface area contributed by atoms with Crippen LogP contribution in [0.5, 0.6) is 0 Å². The van der Waals surface area contributed by atoms with Gasteiger partial charge in [-0.25, -0.2) is 4.98 Å². The Hall–Kier alpha value is -1.36. The molecule has 1 fully saturated rings. The molecule has 1 aliphatic rings. The summed E-state index contributed by atoms with van der Waals surface area (Å²) in [4.78, 5) is 22.7. The van der Waals surface area contributed by atoms with Crippen molar-refractivity contribution in [2.24, 2.45) is 0 Å². The summed E-state index contributed by atoms with van der Waals surface area (Å²) < 4.78 is 0. The molecule has 5 heteroatoms. The van der Waals surface area contributed by atoms with Crippen LogP contribution < -0.4 is 4.90 Å². The summed E-state index contributed by atoms with van der Waals surface area (Å²) in [5, 5.41) is 0. The van der Waals surface area contributed by atoms with Gasteiger partial charge in [-0.3, -0.25) is 14.6 Å². The summed E-state index contributed by atoms with van der Waals surface area (Å²) in [5.74, 6) is 0.933. The van der Waals surface area contributed by atoms with Crippen LogP contribution in [0.15, 0.2) is 12.5 Å². The smallest absolute Gasteiger partial charge is 0.242 e. The summed E-state index contributed by atoms with van der Waals surface area (Å²) in [6.07, 6.45) is 3.28. The van der Waals surface area contributed by atoms with Gasteiger partial charge in [0.1, 0.15) is 5.82 Å². The Morgan fingerprint density at radius 3 is 2.80 bits per heavy atom. The van der Waals surface area contributed by atoms with E-state index in [1.54, 1.807) is 17.4 Å². The number of H-pyrrole nitrogens is 1. The molecular formula is C10H16N4O. The number of nitrogens with zero attached hydrogens (tertiary/aromatic N) is 3. The molecule has 0 aromatic carbocycles. The number of aromatic nitrogens is 2. The first-order chi connectivity index (χ1) is 7.18. The van der Waals surface area contributed by atoms with Gasteiger partial charge in [0.05, 0.1) is 19.1 Å². The largest absolute Gasteiger partial charge is 0.331 e. The molecule has 1 saturated heterocycles. The van der Waals surface area contributed by atoms with E-state index < -0.39 is 0 Å². The predicted octanol–water partition coefficient (Wildman–Crippen LogP) is 0.467. The molecule has 1 aromatic rings. The third-order valence-electron chi connectivity index (χ3n) is 2.76. The average molecular weight is 208 g/mol. The molecule has 2 heterocycles. The van der Waals surface area contributed by atoms with Crippen LogP contribution in [0.1, 0.15) is 13.8 Å². The maximum Gasteiger partial charge on any atom is 0.242 e. The van der Waals surface area contributed by atoms with E-state index in [0.717, 1.165) is 18.9 Å². The molecule has 2 rings (SSSR count). The number of anilines is 1. The van der Waals surface area contributed by atoms with Crippen LogP contribution in [0.2, 0.25) is 0 Å². The van der Waals surface area contributed by atoms with E-state index in [1.165, 1.54) is 0 Å². The number of hydrogen-bond acceptors (Lipinski definition) is 3. The molecule has 15 heavy (non-hydrogen) atoms. The average Bonchev–Trinajstić information content (AvgIpc) is 2.70. The molecule has 82 valence electrons. The molecule has 0 spiro atoms. The molecule has 1 aromatic heterocycles. The summed E-state index contributed by atoms with van der Waals surface area (Å²) >= 11 is 0. The van der Waals surface area contributed by atoms with Gasteiger partial charge in [0.2, 0.25) is 5.91 Å². The number of aromatic amines is 1. The van der Waals surface area contributed by atoms with E-state index in [0.29, 0.717) is 12.6 Å². The highest BCUT2D eigenvalue weighted by molar-refractivity contribution is 5.94. The van der Waals surface area contributed by atoms with E-state index in [2.05, 4.69) is 28.7 Å². The van der Waals surface area contributed by atoms with Crippen molar-refractivity contribution >= 4 is 11.7 Å². The Morgan fingerprint density at radius 1 is 1.47 bits per heavy atom. The highest BCUT2D eigenvalue weighted by Crippen LogP contribution is 2.14. The SMILES string of the molecule is CC(C)N1CCN(c2cnc[nH]2)C(=O)C1. The van der Waals surface area contributed by atoms with Crippen molar-refractivity contribution in [1.29, 1.82) is 0 Å². The number of rotatable bonds is 2. The molecule has 0 radical (unpaired) electrons. The minimum absolute atomic E-state index is 0.138. The third kappa shape index (κ3) is 2.02. The van der Waals surface area contributed by atoms with Crippen LogP contribution in [-0.4, -0.2) is 46.5 Å². The minimum Gasteiger partial charge on any atom is -0.331 e.